The molecule has 8 heteroatoms. The van der Waals surface area contributed by atoms with Crippen molar-refractivity contribution in [2.45, 2.75) is 12.1 Å². The number of Topliss-reactive ketones (excluding diaryl/α,β-unsaturated/α-hetero) is 1. The Morgan fingerprint density at radius 2 is 1.71 bits per heavy atom. The Labute approximate surface area is 216 Å². The van der Waals surface area contributed by atoms with Gasteiger partial charge in [-0.15, -0.1) is 10.2 Å². The highest BCUT2D eigenvalue weighted by Gasteiger charge is 2.19. The quantitative estimate of drug-likeness (QED) is 0.162. The number of ketones is 1. The molecule has 3 aromatic carbocycles. The molecule has 0 saturated carbocycles. The average molecular weight is 520 g/mol. The van der Waals surface area contributed by atoms with Gasteiger partial charge in [0.25, 0.3) is 0 Å². The first-order valence-electron chi connectivity index (χ1n) is 10.8. The van der Waals surface area contributed by atoms with E-state index in [1.54, 1.807) is 30.3 Å². The van der Waals surface area contributed by atoms with Gasteiger partial charge in [0.05, 0.1) is 15.8 Å². The van der Waals surface area contributed by atoms with E-state index in [2.05, 4.69) is 16.3 Å². The molecule has 35 heavy (non-hydrogen) atoms. The van der Waals surface area contributed by atoms with E-state index in [-0.39, 0.29) is 17.3 Å². The van der Waals surface area contributed by atoms with Crippen molar-refractivity contribution in [1.29, 1.82) is 0 Å². The second kappa shape index (κ2) is 10.1. The zero-order valence-corrected chi connectivity index (χ0v) is 20.9. The maximum atomic E-state index is 12.9. The summed E-state index contributed by atoms with van der Waals surface area (Å²) in [5.41, 5.74) is 3.74. The van der Waals surface area contributed by atoms with E-state index in [0.717, 1.165) is 22.4 Å². The maximum absolute atomic E-state index is 12.9. The number of hydrogen-bond acceptors (Lipinski definition) is 5. The molecule has 0 saturated heterocycles. The number of rotatable bonds is 7. The van der Waals surface area contributed by atoms with Crippen molar-refractivity contribution in [3.8, 4) is 28.4 Å². The summed E-state index contributed by atoms with van der Waals surface area (Å²) < 4.78 is 7.79. The Balaban J connectivity index is 1.40. The lowest BCUT2D eigenvalue weighted by Crippen LogP contribution is -2.04. The minimum Gasteiger partial charge on any atom is -0.453 e. The fourth-order valence-electron chi connectivity index (χ4n) is 3.63. The molecule has 0 aliphatic rings. The molecule has 5 nitrogen and oxygen atoms in total. The van der Waals surface area contributed by atoms with Gasteiger partial charge in [-0.1, -0.05) is 77.4 Å². The molecule has 0 atom stereocenters. The van der Waals surface area contributed by atoms with Crippen LogP contribution in [0.2, 0.25) is 10.0 Å². The summed E-state index contributed by atoms with van der Waals surface area (Å²) in [6, 6.07) is 26.6. The van der Waals surface area contributed by atoms with Crippen LogP contribution < -0.4 is 0 Å². The number of carbonyl (C=O) groups excluding carboxylic acids is 1. The zero-order valence-electron chi connectivity index (χ0n) is 18.6. The predicted molar refractivity (Wildman–Crippen MR) is 141 cm³/mol. The van der Waals surface area contributed by atoms with Crippen LogP contribution in [0.25, 0.3) is 28.4 Å². The van der Waals surface area contributed by atoms with Gasteiger partial charge >= 0.3 is 0 Å². The second-order valence-corrected chi connectivity index (χ2v) is 9.61. The molecule has 2 heterocycles. The number of nitrogens with zero attached hydrogens (tertiary/aromatic N) is 3. The lowest BCUT2D eigenvalue weighted by atomic mass is 10.2. The first kappa shape index (κ1) is 23.4. The fourth-order valence-corrected chi connectivity index (χ4v) is 4.75. The third-order valence-corrected chi connectivity index (χ3v) is 7.01. The van der Waals surface area contributed by atoms with Gasteiger partial charge in [-0.25, -0.2) is 0 Å². The van der Waals surface area contributed by atoms with Crippen molar-refractivity contribution < 1.29 is 9.21 Å². The molecule has 0 bridgehead atoms. The van der Waals surface area contributed by atoms with Crippen LogP contribution in [0.15, 0.2) is 94.5 Å². The van der Waals surface area contributed by atoms with E-state index in [0.29, 0.717) is 26.8 Å². The Morgan fingerprint density at radius 1 is 0.886 bits per heavy atom. The van der Waals surface area contributed by atoms with Gasteiger partial charge in [-0.2, -0.15) is 0 Å². The van der Waals surface area contributed by atoms with Crippen LogP contribution in [0.1, 0.15) is 16.1 Å². The highest BCUT2D eigenvalue weighted by atomic mass is 35.5. The molecule has 174 valence electrons. The molecule has 2 aromatic heterocycles. The summed E-state index contributed by atoms with van der Waals surface area (Å²) >= 11 is 13.4. The van der Waals surface area contributed by atoms with Crippen LogP contribution in [0.4, 0.5) is 0 Å². The van der Waals surface area contributed by atoms with Crippen molar-refractivity contribution in [1.82, 2.24) is 14.8 Å². The molecule has 0 amide bonds. The first-order chi connectivity index (χ1) is 17.0. The van der Waals surface area contributed by atoms with Crippen LogP contribution in [0.5, 0.6) is 0 Å². The van der Waals surface area contributed by atoms with Gasteiger partial charge in [0.2, 0.25) is 5.78 Å². The number of benzene rings is 3. The van der Waals surface area contributed by atoms with E-state index < -0.39 is 0 Å². The monoisotopic (exact) mass is 519 g/mol. The van der Waals surface area contributed by atoms with Crippen molar-refractivity contribution >= 4 is 40.7 Å². The summed E-state index contributed by atoms with van der Waals surface area (Å²) in [6.07, 6.45) is 0. The standard InChI is InChI=1S/C27H19Cl2N3O2S/c1-17-6-5-9-20(14-17)32-26(18-7-3-2-4-8-18)30-31-27(32)35-16-23(33)25-13-12-24(34-25)19-10-11-21(28)22(29)15-19/h2-15H,16H2,1H3. The summed E-state index contributed by atoms with van der Waals surface area (Å²) in [6.45, 7) is 2.04. The molecule has 0 fully saturated rings. The minimum atomic E-state index is -0.152. The van der Waals surface area contributed by atoms with Gasteiger partial charge in [0.1, 0.15) is 5.76 Å². The van der Waals surface area contributed by atoms with E-state index in [1.165, 1.54) is 11.8 Å². The molecule has 0 unspecified atom stereocenters. The lowest BCUT2D eigenvalue weighted by Gasteiger charge is -2.11. The van der Waals surface area contributed by atoms with E-state index >= 15 is 0 Å². The smallest absolute Gasteiger partial charge is 0.208 e. The molecule has 0 aliphatic carbocycles. The van der Waals surface area contributed by atoms with E-state index in [1.807, 2.05) is 60.0 Å². The highest BCUT2D eigenvalue weighted by molar-refractivity contribution is 7.99. The number of thioether (sulfide) groups is 1. The predicted octanol–water partition coefficient (Wildman–Crippen LogP) is 7.78. The average Bonchev–Trinajstić information content (AvgIpc) is 3.53. The fraction of sp³-hybridized carbons (Fsp3) is 0.0741. The molecule has 0 N–H and O–H groups in total. The van der Waals surface area contributed by atoms with Crippen LogP contribution in [0.3, 0.4) is 0 Å². The maximum Gasteiger partial charge on any atom is 0.208 e. The largest absolute Gasteiger partial charge is 0.453 e. The number of aryl methyl sites for hydroxylation is 1. The van der Waals surface area contributed by atoms with E-state index in [9.17, 15) is 4.79 Å². The van der Waals surface area contributed by atoms with Crippen LogP contribution in [-0.4, -0.2) is 26.3 Å². The van der Waals surface area contributed by atoms with Gasteiger partial charge in [0, 0.05) is 16.8 Å². The zero-order chi connectivity index (χ0) is 24.4. The molecule has 0 spiro atoms. The van der Waals surface area contributed by atoms with Gasteiger partial charge < -0.3 is 4.42 Å². The number of furan rings is 1. The summed E-state index contributed by atoms with van der Waals surface area (Å²) in [5.74, 6) is 1.52. The molecular formula is C27H19Cl2N3O2S. The Bertz CT molecular complexity index is 1510. The van der Waals surface area contributed by atoms with E-state index in [4.69, 9.17) is 27.6 Å². The Hall–Kier alpha value is -3.32. The molecule has 0 aliphatic heterocycles. The Kier molecular flexibility index (Phi) is 6.77. The number of hydrogen-bond donors (Lipinski definition) is 0. The third-order valence-electron chi connectivity index (χ3n) is 5.34. The van der Waals surface area contributed by atoms with Crippen molar-refractivity contribution in [2.75, 3.05) is 5.75 Å². The van der Waals surface area contributed by atoms with Crippen LogP contribution in [0, 0.1) is 6.92 Å². The second-order valence-electron chi connectivity index (χ2n) is 7.85. The third kappa shape index (κ3) is 5.05. The minimum absolute atomic E-state index is 0.146. The lowest BCUT2D eigenvalue weighted by molar-refractivity contribution is 0.0993. The van der Waals surface area contributed by atoms with Crippen molar-refractivity contribution in [2.24, 2.45) is 0 Å². The number of carbonyl (C=O) groups is 1. The summed E-state index contributed by atoms with van der Waals surface area (Å²) in [5, 5.41) is 10.3. The number of halogens is 2. The summed E-state index contributed by atoms with van der Waals surface area (Å²) in [7, 11) is 0. The molecule has 5 rings (SSSR count). The molecule has 5 aromatic rings. The SMILES string of the molecule is Cc1cccc(-n2c(SCC(=O)c3ccc(-c4ccc(Cl)c(Cl)c4)o3)nnc2-c2ccccc2)c1. The Morgan fingerprint density at radius 3 is 2.49 bits per heavy atom. The van der Waals surface area contributed by atoms with Crippen molar-refractivity contribution in [3.63, 3.8) is 0 Å². The van der Waals surface area contributed by atoms with Crippen molar-refractivity contribution in [3.05, 3.63) is 106 Å². The normalized spacial score (nSPS) is 11.1. The first-order valence-corrected chi connectivity index (χ1v) is 12.5. The van der Waals surface area contributed by atoms with Gasteiger partial charge in [-0.05, 0) is 55.0 Å². The van der Waals surface area contributed by atoms with Gasteiger partial charge in [0.15, 0.2) is 16.7 Å². The summed E-state index contributed by atoms with van der Waals surface area (Å²) in [4.78, 5) is 12.9. The molecule has 0 radical (unpaired) electrons. The van der Waals surface area contributed by atoms with Gasteiger partial charge in [-0.3, -0.25) is 9.36 Å². The molecular weight excluding hydrogens is 501 g/mol. The number of aromatic nitrogens is 3. The van der Waals surface area contributed by atoms with Crippen LogP contribution >= 0.6 is 35.0 Å². The topological polar surface area (TPSA) is 60.9 Å². The highest BCUT2D eigenvalue weighted by Crippen LogP contribution is 2.31. The van der Waals surface area contributed by atoms with Crippen LogP contribution in [-0.2, 0) is 0 Å².